The fourth-order valence-corrected chi connectivity index (χ4v) is 6.63. The number of hydrogen-bond donors (Lipinski definition) is 0. The first kappa shape index (κ1) is 22.9. The number of rotatable bonds is 6. The summed E-state index contributed by atoms with van der Waals surface area (Å²) in [6.45, 7) is 1.66. The summed E-state index contributed by atoms with van der Waals surface area (Å²) in [5.41, 5.74) is 0.567. The first-order chi connectivity index (χ1) is 15.1. The number of alkyl halides is 3. The highest BCUT2D eigenvalue weighted by atomic mass is 32.2. The van der Waals surface area contributed by atoms with Crippen LogP contribution in [0.5, 0.6) is 0 Å². The highest BCUT2D eigenvalue weighted by molar-refractivity contribution is 7.91. The Morgan fingerprint density at radius 3 is 2.59 bits per heavy atom. The minimum absolute atomic E-state index is 0.0407. The highest BCUT2D eigenvalue weighted by Crippen LogP contribution is 2.37. The summed E-state index contributed by atoms with van der Waals surface area (Å²) in [5, 5.41) is 3.45. The molecule has 1 saturated heterocycles. The number of hydrogen-bond acceptors (Lipinski definition) is 7. The number of nitrogens with zero attached hydrogens (tertiary/aromatic N) is 4. The predicted octanol–water partition coefficient (Wildman–Crippen LogP) is 4.10. The normalized spacial score (nSPS) is 16.7. The molecule has 32 heavy (non-hydrogen) atoms. The number of thiophene rings is 1. The molecule has 0 N–H and O–H groups in total. The molecule has 1 aliphatic rings. The van der Waals surface area contributed by atoms with E-state index in [1.54, 1.807) is 24.4 Å². The molecule has 1 fully saturated rings. The standard InChI is InChI=1S/C20H21F3N4O3S2/c1-26-10-7-15(8-11-26)27(13-14-4-2-3-9-24-14)32(28,29)19-6-5-17(31-19)16-12-18(30-25-16)20(21,22)23/h2-6,9,12,15H,7-8,10-11,13H2,1H3. The summed E-state index contributed by atoms with van der Waals surface area (Å²) in [5.74, 6) is -1.23. The van der Waals surface area contributed by atoms with Crippen LogP contribution in [0, 0.1) is 0 Å². The molecule has 4 heterocycles. The molecule has 0 aromatic carbocycles. The quantitative estimate of drug-likeness (QED) is 0.522. The van der Waals surface area contributed by atoms with Crippen molar-refractivity contribution in [3.8, 4) is 10.6 Å². The molecule has 0 saturated carbocycles. The van der Waals surface area contributed by atoms with E-state index in [2.05, 4.69) is 19.6 Å². The first-order valence-corrected chi connectivity index (χ1v) is 12.1. The lowest BCUT2D eigenvalue weighted by Gasteiger charge is -2.36. The van der Waals surface area contributed by atoms with Crippen molar-refractivity contribution in [3.63, 3.8) is 0 Å². The van der Waals surface area contributed by atoms with E-state index in [0.29, 0.717) is 18.5 Å². The minimum atomic E-state index is -4.66. The van der Waals surface area contributed by atoms with Gasteiger partial charge < -0.3 is 9.42 Å². The second-order valence-corrected chi connectivity index (χ2v) is 10.8. The average molecular weight is 487 g/mol. The Labute approximate surface area is 187 Å². The monoisotopic (exact) mass is 486 g/mol. The molecule has 3 aromatic heterocycles. The van der Waals surface area contributed by atoms with Gasteiger partial charge in [0.15, 0.2) is 0 Å². The molecule has 12 heteroatoms. The number of pyridine rings is 1. The SMILES string of the molecule is CN1CCC(N(Cc2ccccn2)S(=O)(=O)c2ccc(-c3cc(C(F)(F)F)on3)s2)CC1. The van der Waals surface area contributed by atoms with Crippen LogP contribution < -0.4 is 0 Å². The largest absolute Gasteiger partial charge is 0.452 e. The number of aromatic nitrogens is 2. The molecular formula is C20H21F3N4O3S2. The third kappa shape index (κ3) is 4.87. The maximum Gasteiger partial charge on any atom is 0.452 e. The lowest BCUT2D eigenvalue weighted by atomic mass is 10.1. The van der Waals surface area contributed by atoms with E-state index in [1.165, 1.54) is 16.4 Å². The van der Waals surface area contributed by atoms with E-state index in [4.69, 9.17) is 0 Å². The molecule has 0 bridgehead atoms. The van der Waals surface area contributed by atoms with Crippen molar-refractivity contribution in [2.75, 3.05) is 20.1 Å². The Kier molecular flexibility index (Phi) is 6.39. The third-order valence-corrected chi connectivity index (χ3v) is 8.80. The Bertz CT molecular complexity index is 1150. The zero-order valence-corrected chi connectivity index (χ0v) is 18.8. The van der Waals surface area contributed by atoms with E-state index in [0.717, 1.165) is 30.5 Å². The Morgan fingerprint density at radius 2 is 1.97 bits per heavy atom. The Balaban J connectivity index is 1.64. The summed E-state index contributed by atoms with van der Waals surface area (Å²) < 4.78 is 71.5. The fraction of sp³-hybridized carbons (Fsp3) is 0.400. The lowest BCUT2D eigenvalue weighted by Crippen LogP contribution is -2.46. The molecule has 0 spiro atoms. The van der Waals surface area contributed by atoms with Gasteiger partial charge in [-0.15, -0.1) is 11.3 Å². The van der Waals surface area contributed by atoms with Crippen molar-refractivity contribution in [2.24, 2.45) is 0 Å². The van der Waals surface area contributed by atoms with Crippen LogP contribution in [0.4, 0.5) is 13.2 Å². The van der Waals surface area contributed by atoms with Crippen molar-refractivity contribution >= 4 is 21.4 Å². The molecule has 0 unspecified atom stereocenters. The van der Waals surface area contributed by atoms with Crippen molar-refractivity contribution in [2.45, 2.75) is 35.8 Å². The number of sulfonamides is 1. The van der Waals surface area contributed by atoms with Gasteiger partial charge in [-0.2, -0.15) is 17.5 Å². The van der Waals surface area contributed by atoms with Crippen LogP contribution in [0.3, 0.4) is 0 Å². The van der Waals surface area contributed by atoms with Crippen LogP contribution >= 0.6 is 11.3 Å². The average Bonchev–Trinajstić information content (AvgIpc) is 3.43. The summed E-state index contributed by atoms with van der Waals surface area (Å²) in [6.07, 6.45) is -1.69. The van der Waals surface area contributed by atoms with Crippen molar-refractivity contribution in [1.29, 1.82) is 0 Å². The maximum atomic E-state index is 13.6. The van der Waals surface area contributed by atoms with E-state index in [1.807, 2.05) is 7.05 Å². The zero-order valence-electron chi connectivity index (χ0n) is 17.1. The minimum Gasteiger partial charge on any atom is -0.351 e. The lowest BCUT2D eigenvalue weighted by molar-refractivity contribution is -0.155. The molecule has 0 atom stereocenters. The van der Waals surface area contributed by atoms with Gasteiger partial charge in [-0.3, -0.25) is 4.98 Å². The molecule has 4 rings (SSSR count). The molecule has 3 aromatic rings. The molecule has 172 valence electrons. The highest BCUT2D eigenvalue weighted by Gasteiger charge is 2.37. The fourth-order valence-electron chi connectivity index (χ4n) is 3.58. The number of halogens is 3. The second kappa shape index (κ2) is 8.93. The van der Waals surface area contributed by atoms with E-state index in [-0.39, 0.29) is 27.4 Å². The van der Waals surface area contributed by atoms with Crippen LogP contribution in [-0.4, -0.2) is 53.9 Å². The predicted molar refractivity (Wildman–Crippen MR) is 112 cm³/mol. The van der Waals surface area contributed by atoms with E-state index >= 15 is 0 Å². The molecule has 7 nitrogen and oxygen atoms in total. The van der Waals surface area contributed by atoms with E-state index < -0.39 is 22.0 Å². The molecule has 1 aliphatic heterocycles. The van der Waals surface area contributed by atoms with Crippen LogP contribution in [0.2, 0.25) is 0 Å². The molecule has 0 amide bonds. The van der Waals surface area contributed by atoms with Crippen molar-refractivity contribution in [3.05, 3.63) is 54.0 Å². The van der Waals surface area contributed by atoms with Gasteiger partial charge >= 0.3 is 6.18 Å². The van der Waals surface area contributed by atoms with Gasteiger partial charge in [0.05, 0.1) is 17.1 Å². The zero-order chi connectivity index (χ0) is 22.9. The van der Waals surface area contributed by atoms with Gasteiger partial charge in [0, 0.05) is 18.3 Å². The first-order valence-electron chi connectivity index (χ1n) is 9.89. The number of likely N-dealkylation sites (tertiary alicyclic amines) is 1. The number of piperidine rings is 1. The third-order valence-electron chi connectivity index (χ3n) is 5.33. The van der Waals surface area contributed by atoms with Gasteiger partial charge in [-0.25, -0.2) is 8.42 Å². The summed E-state index contributed by atoms with van der Waals surface area (Å²) >= 11 is 0.870. The van der Waals surface area contributed by atoms with E-state index in [9.17, 15) is 21.6 Å². The van der Waals surface area contributed by atoms with Crippen molar-refractivity contribution < 1.29 is 26.1 Å². The van der Waals surface area contributed by atoms with Gasteiger partial charge in [-0.05, 0) is 57.2 Å². The topological polar surface area (TPSA) is 79.5 Å². The molecule has 0 aliphatic carbocycles. The van der Waals surface area contributed by atoms with Crippen LogP contribution in [0.15, 0.2) is 51.3 Å². The van der Waals surface area contributed by atoms with Crippen LogP contribution in [-0.2, 0) is 22.7 Å². The molecular weight excluding hydrogens is 465 g/mol. The van der Waals surface area contributed by atoms with Crippen LogP contribution in [0.25, 0.3) is 10.6 Å². The van der Waals surface area contributed by atoms with Gasteiger partial charge in [-0.1, -0.05) is 11.2 Å². The molecule has 0 radical (unpaired) electrons. The van der Waals surface area contributed by atoms with Gasteiger partial charge in [0.1, 0.15) is 9.90 Å². The summed E-state index contributed by atoms with van der Waals surface area (Å²) in [6, 6.07) is 8.74. The second-order valence-electron chi connectivity index (χ2n) is 7.60. The summed E-state index contributed by atoms with van der Waals surface area (Å²) in [7, 11) is -1.92. The van der Waals surface area contributed by atoms with Crippen LogP contribution in [0.1, 0.15) is 24.3 Å². The Hall–Kier alpha value is -2.28. The maximum absolute atomic E-state index is 13.6. The summed E-state index contributed by atoms with van der Waals surface area (Å²) in [4.78, 5) is 6.70. The Morgan fingerprint density at radius 1 is 1.22 bits per heavy atom. The van der Waals surface area contributed by atoms with Crippen molar-refractivity contribution in [1.82, 2.24) is 19.3 Å². The van der Waals surface area contributed by atoms with Gasteiger partial charge in [0.25, 0.3) is 10.0 Å². The van der Waals surface area contributed by atoms with Gasteiger partial charge in [0.2, 0.25) is 5.76 Å². The smallest absolute Gasteiger partial charge is 0.351 e.